The van der Waals surface area contributed by atoms with Gasteiger partial charge >= 0.3 is 0 Å². The molecule has 0 aliphatic carbocycles. The van der Waals surface area contributed by atoms with Crippen molar-refractivity contribution in [3.05, 3.63) is 35.4 Å². The molecule has 80 valence electrons. The van der Waals surface area contributed by atoms with Crippen molar-refractivity contribution in [2.75, 3.05) is 6.54 Å². The average Bonchev–Trinajstić information content (AvgIpc) is 2.26. The van der Waals surface area contributed by atoms with Crippen molar-refractivity contribution in [3.8, 4) is 6.07 Å². The minimum Gasteiger partial charge on any atom is -0.392 e. The van der Waals surface area contributed by atoms with Crippen LogP contribution in [0.25, 0.3) is 0 Å². The molecule has 15 heavy (non-hydrogen) atoms. The van der Waals surface area contributed by atoms with Gasteiger partial charge in [0.1, 0.15) is 0 Å². The third-order valence-electron chi connectivity index (χ3n) is 2.24. The summed E-state index contributed by atoms with van der Waals surface area (Å²) in [5, 5.41) is 21.1. The Kier molecular flexibility index (Phi) is 4.29. The van der Waals surface area contributed by atoms with Crippen molar-refractivity contribution in [2.45, 2.75) is 26.0 Å². The predicted octanol–water partition coefficient (Wildman–Crippen LogP) is 1.59. The van der Waals surface area contributed by atoms with Gasteiger partial charge in [0, 0.05) is 12.6 Å². The van der Waals surface area contributed by atoms with Crippen molar-refractivity contribution < 1.29 is 5.11 Å². The summed E-state index contributed by atoms with van der Waals surface area (Å²) in [4.78, 5) is 0. The number of hydrogen-bond acceptors (Lipinski definition) is 3. The Labute approximate surface area is 90.4 Å². The first-order valence-electron chi connectivity index (χ1n) is 5.05. The maximum absolute atomic E-state index is 9.13. The van der Waals surface area contributed by atoms with Crippen molar-refractivity contribution in [3.63, 3.8) is 0 Å². The molecule has 0 amide bonds. The molecule has 1 aromatic carbocycles. The van der Waals surface area contributed by atoms with Crippen LogP contribution in [-0.2, 0) is 0 Å². The highest BCUT2D eigenvalue weighted by atomic mass is 16.3. The zero-order valence-corrected chi connectivity index (χ0v) is 9.07. The van der Waals surface area contributed by atoms with Gasteiger partial charge in [-0.2, -0.15) is 5.26 Å². The van der Waals surface area contributed by atoms with E-state index in [1.165, 1.54) is 0 Å². The molecule has 0 aromatic heterocycles. The van der Waals surface area contributed by atoms with Gasteiger partial charge in [-0.05, 0) is 31.5 Å². The summed E-state index contributed by atoms with van der Waals surface area (Å²) in [5.41, 5.74) is 1.73. The molecular weight excluding hydrogens is 188 g/mol. The molecule has 0 fully saturated rings. The smallest absolute Gasteiger partial charge is 0.0991 e. The molecule has 0 saturated heterocycles. The van der Waals surface area contributed by atoms with Crippen LogP contribution < -0.4 is 5.32 Å². The van der Waals surface area contributed by atoms with Gasteiger partial charge in [-0.3, -0.25) is 0 Å². The van der Waals surface area contributed by atoms with Gasteiger partial charge < -0.3 is 10.4 Å². The Morgan fingerprint density at radius 1 is 1.47 bits per heavy atom. The first-order valence-corrected chi connectivity index (χ1v) is 5.05. The molecule has 3 nitrogen and oxygen atoms in total. The van der Waals surface area contributed by atoms with E-state index in [1.54, 1.807) is 13.0 Å². The Morgan fingerprint density at radius 3 is 2.80 bits per heavy atom. The van der Waals surface area contributed by atoms with E-state index in [2.05, 4.69) is 11.4 Å². The lowest BCUT2D eigenvalue weighted by molar-refractivity contribution is 0.187. The van der Waals surface area contributed by atoms with E-state index in [9.17, 15) is 0 Å². The van der Waals surface area contributed by atoms with Gasteiger partial charge in [-0.25, -0.2) is 0 Å². The average molecular weight is 204 g/mol. The lowest BCUT2D eigenvalue weighted by atomic mass is 10.1. The largest absolute Gasteiger partial charge is 0.392 e. The van der Waals surface area contributed by atoms with Crippen molar-refractivity contribution >= 4 is 0 Å². The fraction of sp³-hybridized carbons (Fsp3) is 0.417. The van der Waals surface area contributed by atoms with Gasteiger partial charge in [0.05, 0.1) is 17.7 Å². The fourth-order valence-corrected chi connectivity index (χ4v) is 1.34. The van der Waals surface area contributed by atoms with Crippen LogP contribution in [-0.4, -0.2) is 17.8 Å². The van der Waals surface area contributed by atoms with Gasteiger partial charge in [0.25, 0.3) is 0 Å². The lowest BCUT2D eigenvalue weighted by Crippen LogP contribution is -2.27. The van der Waals surface area contributed by atoms with Gasteiger partial charge in [0.15, 0.2) is 0 Å². The number of benzene rings is 1. The van der Waals surface area contributed by atoms with Gasteiger partial charge in [-0.15, -0.1) is 0 Å². The number of rotatable bonds is 4. The zero-order chi connectivity index (χ0) is 11.3. The number of aliphatic hydroxyl groups is 1. The second-order valence-corrected chi connectivity index (χ2v) is 3.72. The third-order valence-corrected chi connectivity index (χ3v) is 2.24. The van der Waals surface area contributed by atoms with Crippen LogP contribution in [0.4, 0.5) is 0 Å². The minimum absolute atomic E-state index is 0.146. The fourth-order valence-electron chi connectivity index (χ4n) is 1.34. The normalized spacial score (nSPS) is 14.3. The molecule has 1 aromatic rings. The zero-order valence-electron chi connectivity index (χ0n) is 9.07. The van der Waals surface area contributed by atoms with E-state index in [4.69, 9.17) is 10.4 Å². The monoisotopic (exact) mass is 204 g/mol. The Hall–Kier alpha value is -1.37. The van der Waals surface area contributed by atoms with E-state index in [1.807, 2.05) is 25.1 Å². The number of nitriles is 1. The number of aliphatic hydroxyl groups excluding tert-OH is 1. The maximum Gasteiger partial charge on any atom is 0.0991 e. The molecule has 0 radical (unpaired) electrons. The van der Waals surface area contributed by atoms with E-state index in [0.717, 1.165) is 5.56 Å². The summed E-state index contributed by atoms with van der Waals surface area (Å²) in [6, 6.07) is 9.74. The Balaban J connectivity index is 2.65. The first-order chi connectivity index (χ1) is 7.13. The topological polar surface area (TPSA) is 56.0 Å². The Morgan fingerprint density at radius 2 is 2.20 bits per heavy atom. The highest BCUT2D eigenvalue weighted by Gasteiger charge is 2.06. The number of nitrogens with zero attached hydrogens (tertiary/aromatic N) is 1. The summed E-state index contributed by atoms with van der Waals surface area (Å²) < 4.78 is 0. The van der Waals surface area contributed by atoms with E-state index < -0.39 is 0 Å². The molecule has 0 saturated carbocycles. The molecule has 2 atom stereocenters. The molecule has 0 unspecified atom stereocenters. The summed E-state index contributed by atoms with van der Waals surface area (Å²) in [6.07, 6.45) is -0.355. The van der Waals surface area contributed by atoms with Crippen LogP contribution in [0.1, 0.15) is 31.0 Å². The standard InChI is InChI=1S/C12H16N2O/c1-9(15)8-14-10(2)12-5-3-4-11(6-12)7-13/h3-6,9-10,14-15H,8H2,1-2H3/t9-,10+/m1/s1. The molecule has 0 bridgehead atoms. The van der Waals surface area contributed by atoms with Crippen LogP contribution in [0.5, 0.6) is 0 Å². The van der Waals surface area contributed by atoms with Crippen molar-refractivity contribution in [1.29, 1.82) is 5.26 Å². The Bertz CT molecular complexity index is 355. The van der Waals surface area contributed by atoms with E-state index in [-0.39, 0.29) is 12.1 Å². The summed E-state index contributed by atoms with van der Waals surface area (Å²) in [5.74, 6) is 0. The highest BCUT2D eigenvalue weighted by Crippen LogP contribution is 2.13. The molecule has 1 rings (SSSR count). The summed E-state index contributed by atoms with van der Waals surface area (Å²) in [7, 11) is 0. The second kappa shape index (κ2) is 5.50. The predicted molar refractivity (Wildman–Crippen MR) is 59.3 cm³/mol. The van der Waals surface area contributed by atoms with Crippen LogP contribution in [0.2, 0.25) is 0 Å². The van der Waals surface area contributed by atoms with Crippen LogP contribution in [0, 0.1) is 11.3 Å². The van der Waals surface area contributed by atoms with Gasteiger partial charge in [0.2, 0.25) is 0 Å². The first kappa shape index (κ1) is 11.7. The molecule has 0 heterocycles. The van der Waals surface area contributed by atoms with Crippen molar-refractivity contribution in [1.82, 2.24) is 5.32 Å². The third kappa shape index (κ3) is 3.70. The number of nitrogens with one attached hydrogen (secondary N) is 1. The lowest BCUT2D eigenvalue weighted by Gasteiger charge is -2.15. The number of hydrogen-bond donors (Lipinski definition) is 2. The molecule has 3 heteroatoms. The summed E-state index contributed by atoms with van der Waals surface area (Å²) >= 11 is 0. The van der Waals surface area contributed by atoms with Crippen LogP contribution in [0.3, 0.4) is 0 Å². The van der Waals surface area contributed by atoms with E-state index >= 15 is 0 Å². The van der Waals surface area contributed by atoms with Crippen LogP contribution >= 0.6 is 0 Å². The molecule has 2 N–H and O–H groups in total. The maximum atomic E-state index is 9.13. The molecule has 0 aliphatic heterocycles. The minimum atomic E-state index is -0.355. The molecule has 0 spiro atoms. The van der Waals surface area contributed by atoms with E-state index in [0.29, 0.717) is 12.1 Å². The SMILES string of the molecule is C[C@H](NC[C@@H](C)O)c1cccc(C#N)c1. The van der Waals surface area contributed by atoms with Gasteiger partial charge in [-0.1, -0.05) is 12.1 Å². The summed E-state index contributed by atoms with van der Waals surface area (Å²) in [6.45, 7) is 4.31. The highest BCUT2D eigenvalue weighted by molar-refractivity contribution is 5.33. The quantitative estimate of drug-likeness (QED) is 0.783. The van der Waals surface area contributed by atoms with Crippen molar-refractivity contribution in [2.24, 2.45) is 0 Å². The molecule has 0 aliphatic rings. The van der Waals surface area contributed by atoms with Crippen LogP contribution in [0.15, 0.2) is 24.3 Å². The molecular formula is C12H16N2O. The second-order valence-electron chi connectivity index (χ2n) is 3.72.